The van der Waals surface area contributed by atoms with Crippen LogP contribution < -0.4 is 7.97 Å². The molecule has 4 rings (SSSR count). The van der Waals surface area contributed by atoms with Crippen molar-refractivity contribution in [2.75, 3.05) is 0 Å². The van der Waals surface area contributed by atoms with Crippen molar-refractivity contribution in [3.63, 3.8) is 0 Å². The van der Waals surface area contributed by atoms with Gasteiger partial charge in [0, 0.05) is 18.8 Å². The summed E-state index contributed by atoms with van der Waals surface area (Å²) in [5, 5.41) is 0. The Morgan fingerprint density at radius 3 is 1.27 bits per heavy atom. The summed E-state index contributed by atoms with van der Waals surface area (Å²) in [6, 6.07) is 15.6. The number of carbonyl (C=O) groups excluding carboxylic acids is 1. The van der Waals surface area contributed by atoms with Gasteiger partial charge in [-0.3, -0.25) is 0 Å². The first kappa shape index (κ1) is 14.0. The quantitative estimate of drug-likeness (QED) is 0.441. The van der Waals surface area contributed by atoms with Gasteiger partial charge in [-0.15, -0.1) is 45.3 Å². The molecule has 22 heavy (non-hydrogen) atoms. The van der Waals surface area contributed by atoms with Crippen molar-refractivity contribution in [2.24, 2.45) is 9.98 Å². The van der Waals surface area contributed by atoms with Crippen molar-refractivity contribution in [1.82, 2.24) is 0 Å². The van der Waals surface area contributed by atoms with E-state index in [-0.39, 0.29) is 0 Å². The van der Waals surface area contributed by atoms with Crippen LogP contribution in [0.3, 0.4) is 0 Å². The van der Waals surface area contributed by atoms with Crippen molar-refractivity contribution in [3.05, 3.63) is 56.5 Å². The lowest BCUT2D eigenvalue weighted by Crippen LogP contribution is -1.98. The first-order valence-electron chi connectivity index (χ1n) is 6.39. The van der Waals surface area contributed by atoms with Gasteiger partial charge in [0.2, 0.25) is 0 Å². The third kappa shape index (κ3) is 2.80. The maximum Gasteiger partial charge on any atom is 0.371 e. The van der Waals surface area contributed by atoms with E-state index in [1.54, 1.807) is 0 Å². The third-order valence-electron chi connectivity index (χ3n) is 2.86. The molecule has 0 radical (unpaired) electrons. The summed E-state index contributed by atoms with van der Waals surface area (Å²) in [5.41, 5.74) is 0. The molecule has 2 heterocycles. The molecule has 0 aliphatic heterocycles. The molecule has 4 aromatic rings. The summed E-state index contributed by atoms with van der Waals surface area (Å²) >= 11 is 6.08. The van der Waals surface area contributed by atoms with Crippen LogP contribution in [0.4, 0.5) is 4.79 Å². The number of rotatable bonds is 0. The molecule has 0 N–H and O–H groups in total. The Morgan fingerprint density at radius 2 is 0.955 bits per heavy atom. The van der Waals surface area contributed by atoms with E-state index in [0.29, 0.717) is 0 Å². The zero-order chi connectivity index (χ0) is 14.9. The van der Waals surface area contributed by atoms with Gasteiger partial charge in [-0.1, -0.05) is 24.3 Å². The minimum atomic E-state index is -0.439. The number of benzene rings is 2. The first-order valence-corrected chi connectivity index (χ1v) is 9.65. The molecular weight excluding hydrogens is 352 g/mol. The molecule has 3 nitrogen and oxygen atoms in total. The van der Waals surface area contributed by atoms with Crippen LogP contribution in [-0.4, -0.2) is 6.03 Å². The standard InChI is InChI=1S/C15H8N2OS4/c18-13(16-14-19-9-5-1-2-6-10(9)20-14)17-15-21-11-7-3-4-8-12(11)22-15/h1-8H. The van der Waals surface area contributed by atoms with Gasteiger partial charge in [0.1, 0.15) is 0 Å². The zero-order valence-corrected chi connectivity index (χ0v) is 14.3. The summed E-state index contributed by atoms with van der Waals surface area (Å²) in [6.45, 7) is 0. The van der Waals surface area contributed by atoms with Gasteiger partial charge in [0.25, 0.3) is 0 Å². The monoisotopic (exact) mass is 360 g/mol. The highest BCUT2D eigenvalue weighted by atomic mass is 32.2. The lowest BCUT2D eigenvalue weighted by atomic mass is 10.4. The van der Waals surface area contributed by atoms with Crippen LogP contribution >= 0.6 is 45.3 Å². The molecule has 2 amide bonds. The van der Waals surface area contributed by atoms with Gasteiger partial charge in [0.05, 0.1) is 0 Å². The number of amides is 2. The highest BCUT2D eigenvalue weighted by Crippen LogP contribution is 2.21. The number of nitrogens with zero attached hydrogens (tertiary/aromatic N) is 2. The van der Waals surface area contributed by atoms with Gasteiger partial charge in [-0.25, -0.2) is 4.79 Å². The molecule has 0 aliphatic rings. The van der Waals surface area contributed by atoms with E-state index in [0.717, 1.165) is 26.8 Å². The smallest absolute Gasteiger partial charge is 0.244 e. The molecule has 7 heteroatoms. The highest BCUT2D eigenvalue weighted by molar-refractivity contribution is 7.36. The van der Waals surface area contributed by atoms with E-state index in [1.165, 1.54) is 45.3 Å². The number of urea groups is 1. The molecule has 0 saturated carbocycles. The molecule has 0 saturated heterocycles. The lowest BCUT2D eigenvalue weighted by Gasteiger charge is -1.80. The van der Waals surface area contributed by atoms with Crippen molar-refractivity contribution >= 4 is 70.2 Å². The largest absolute Gasteiger partial charge is 0.371 e. The van der Waals surface area contributed by atoms with E-state index in [4.69, 9.17) is 0 Å². The summed E-state index contributed by atoms with van der Waals surface area (Å²) in [6.07, 6.45) is 0. The van der Waals surface area contributed by atoms with E-state index < -0.39 is 6.03 Å². The Bertz CT molecular complexity index is 953. The number of fused-ring (bicyclic) bond motifs is 2. The minimum Gasteiger partial charge on any atom is -0.244 e. The maximum atomic E-state index is 12.0. The second-order valence-electron chi connectivity index (χ2n) is 4.34. The third-order valence-corrected chi connectivity index (χ3v) is 7.49. The van der Waals surface area contributed by atoms with Gasteiger partial charge in [-0.2, -0.15) is 9.98 Å². The van der Waals surface area contributed by atoms with Crippen LogP contribution in [0.2, 0.25) is 0 Å². The van der Waals surface area contributed by atoms with Crippen molar-refractivity contribution in [3.8, 4) is 0 Å². The van der Waals surface area contributed by atoms with Gasteiger partial charge in [-0.05, 0) is 24.3 Å². The Kier molecular flexibility index (Phi) is 3.71. The SMILES string of the molecule is O=C(N=c1sc2ccccc2s1)N=c1sc2ccccc2s1. The predicted octanol–water partition coefficient (Wildman–Crippen LogP) is 4.86. The number of hydrogen-bond donors (Lipinski definition) is 0. The van der Waals surface area contributed by atoms with Crippen LogP contribution in [0.1, 0.15) is 0 Å². The second-order valence-corrected chi connectivity index (χ2v) is 8.98. The zero-order valence-electron chi connectivity index (χ0n) is 11.1. The predicted molar refractivity (Wildman–Crippen MR) is 95.9 cm³/mol. The average Bonchev–Trinajstić information content (AvgIpc) is 3.08. The molecule has 0 atom stereocenters. The fourth-order valence-electron chi connectivity index (χ4n) is 1.93. The Morgan fingerprint density at radius 1 is 0.636 bits per heavy atom. The molecule has 0 unspecified atom stereocenters. The van der Waals surface area contributed by atoms with Crippen molar-refractivity contribution in [2.45, 2.75) is 0 Å². The summed E-state index contributed by atoms with van der Waals surface area (Å²) in [5.74, 6) is 0. The van der Waals surface area contributed by atoms with Crippen LogP contribution in [0.25, 0.3) is 18.8 Å². The summed E-state index contributed by atoms with van der Waals surface area (Å²) in [7, 11) is 0. The first-order chi connectivity index (χ1) is 10.8. The van der Waals surface area contributed by atoms with Crippen molar-refractivity contribution in [1.29, 1.82) is 0 Å². The highest BCUT2D eigenvalue weighted by Gasteiger charge is 2.02. The molecule has 2 aromatic heterocycles. The fraction of sp³-hybridized carbons (Fsp3) is 0. The van der Waals surface area contributed by atoms with Gasteiger partial charge < -0.3 is 0 Å². The van der Waals surface area contributed by atoms with Crippen LogP contribution in [0.5, 0.6) is 0 Å². The van der Waals surface area contributed by atoms with Gasteiger partial charge >= 0.3 is 6.03 Å². The van der Waals surface area contributed by atoms with E-state index in [1.807, 2.05) is 48.5 Å². The Labute approximate surface area is 141 Å². The Balaban J connectivity index is 1.74. The number of carbonyl (C=O) groups is 1. The lowest BCUT2D eigenvalue weighted by molar-refractivity contribution is 0.256. The van der Waals surface area contributed by atoms with E-state index >= 15 is 0 Å². The molecule has 0 spiro atoms. The van der Waals surface area contributed by atoms with Crippen LogP contribution in [0.15, 0.2) is 58.5 Å². The minimum absolute atomic E-state index is 0.439. The van der Waals surface area contributed by atoms with Crippen LogP contribution in [-0.2, 0) is 0 Å². The molecule has 0 aliphatic carbocycles. The van der Waals surface area contributed by atoms with E-state index in [2.05, 4.69) is 9.98 Å². The van der Waals surface area contributed by atoms with Crippen molar-refractivity contribution < 1.29 is 4.79 Å². The summed E-state index contributed by atoms with van der Waals surface area (Å²) < 4.78 is 6.04. The summed E-state index contributed by atoms with van der Waals surface area (Å²) in [4.78, 5) is 20.2. The maximum absolute atomic E-state index is 12.0. The molecule has 0 fully saturated rings. The topological polar surface area (TPSA) is 41.8 Å². The Hall–Kier alpha value is -1.67. The average molecular weight is 361 g/mol. The number of hydrogen-bond acceptors (Lipinski definition) is 5. The van der Waals surface area contributed by atoms with Crippen LogP contribution in [0, 0.1) is 0 Å². The molecular formula is C15H8N2OS4. The van der Waals surface area contributed by atoms with Gasteiger partial charge in [0.15, 0.2) is 7.97 Å². The normalized spacial score (nSPS) is 10.9. The fourth-order valence-corrected chi connectivity index (χ4v) is 6.35. The second kappa shape index (κ2) is 5.85. The van der Waals surface area contributed by atoms with E-state index in [9.17, 15) is 4.79 Å². The molecule has 0 bridgehead atoms. The molecule has 2 aromatic carbocycles. The molecule has 108 valence electrons.